The molecule has 2 aliphatic rings. The van der Waals surface area contributed by atoms with E-state index >= 15 is 0 Å². The Balaban J connectivity index is 1.35. The number of rotatable bonds is 3. The molecule has 0 bridgehead atoms. The van der Waals surface area contributed by atoms with Crippen molar-refractivity contribution in [1.82, 2.24) is 15.2 Å². The maximum absolute atomic E-state index is 13.1. The van der Waals surface area contributed by atoms with Crippen LogP contribution in [0.5, 0.6) is 0 Å². The van der Waals surface area contributed by atoms with E-state index in [2.05, 4.69) is 15.6 Å². The second-order valence-electron chi connectivity index (χ2n) is 7.37. The first-order valence-corrected chi connectivity index (χ1v) is 10.2. The first-order chi connectivity index (χ1) is 14.0. The van der Waals surface area contributed by atoms with Crippen molar-refractivity contribution < 1.29 is 14.4 Å². The van der Waals surface area contributed by atoms with Gasteiger partial charge in [0, 0.05) is 0 Å². The van der Waals surface area contributed by atoms with Gasteiger partial charge in [0.2, 0.25) is 5.91 Å². The summed E-state index contributed by atoms with van der Waals surface area (Å²) < 4.78 is 0.969. The molecule has 1 spiro atoms. The fourth-order valence-corrected chi connectivity index (χ4v) is 5.14. The number of carbonyl (C=O) groups is 3. The van der Waals surface area contributed by atoms with Crippen molar-refractivity contribution in [2.24, 2.45) is 0 Å². The molecule has 1 aliphatic heterocycles. The van der Waals surface area contributed by atoms with Crippen molar-refractivity contribution in [3.05, 3.63) is 59.2 Å². The van der Waals surface area contributed by atoms with Gasteiger partial charge in [-0.3, -0.25) is 14.5 Å². The van der Waals surface area contributed by atoms with Crippen molar-refractivity contribution in [2.45, 2.75) is 25.3 Å². The Hall–Kier alpha value is -3.26. The molecule has 1 saturated heterocycles. The first kappa shape index (κ1) is 17.8. The number of amides is 4. The summed E-state index contributed by atoms with van der Waals surface area (Å²) in [6.07, 6.45) is 1.22. The Morgan fingerprint density at radius 3 is 2.90 bits per heavy atom. The zero-order valence-electron chi connectivity index (χ0n) is 15.7. The molecule has 2 heterocycles. The fourth-order valence-electron chi connectivity index (χ4n) is 4.18. The van der Waals surface area contributed by atoms with Crippen molar-refractivity contribution in [3.8, 4) is 0 Å². The number of benzene rings is 2. The molecule has 2 N–H and O–H groups in total. The summed E-state index contributed by atoms with van der Waals surface area (Å²) in [7, 11) is 0. The number of anilines is 1. The maximum Gasteiger partial charge on any atom is 0.325 e. The number of hydrogen-bond acceptors (Lipinski definition) is 5. The second kappa shape index (κ2) is 6.38. The normalized spacial score (nSPS) is 20.4. The van der Waals surface area contributed by atoms with E-state index in [4.69, 9.17) is 0 Å². The van der Waals surface area contributed by atoms with Gasteiger partial charge in [0.05, 0.1) is 10.2 Å². The number of aryl methyl sites for hydroxylation is 2. The lowest BCUT2D eigenvalue weighted by molar-refractivity contribution is -0.134. The van der Waals surface area contributed by atoms with E-state index in [1.807, 2.05) is 49.4 Å². The topological polar surface area (TPSA) is 91.4 Å². The third-order valence-electron chi connectivity index (χ3n) is 5.59. The summed E-state index contributed by atoms with van der Waals surface area (Å²) in [6.45, 7) is 1.61. The van der Waals surface area contributed by atoms with Crippen molar-refractivity contribution in [3.63, 3.8) is 0 Å². The van der Waals surface area contributed by atoms with Crippen LogP contribution in [0, 0.1) is 6.92 Å². The van der Waals surface area contributed by atoms with Gasteiger partial charge >= 0.3 is 6.03 Å². The van der Waals surface area contributed by atoms with E-state index in [0.717, 1.165) is 31.8 Å². The van der Waals surface area contributed by atoms with Crippen LogP contribution in [0.2, 0.25) is 0 Å². The number of fused-ring (bicyclic) bond motifs is 3. The number of thiazole rings is 1. The van der Waals surface area contributed by atoms with Crippen LogP contribution in [0.4, 0.5) is 9.93 Å². The Labute approximate surface area is 170 Å². The zero-order valence-corrected chi connectivity index (χ0v) is 16.5. The minimum atomic E-state index is -1.05. The van der Waals surface area contributed by atoms with Gasteiger partial charge in [-0.1, -0.05) is 47.7 Å². The van der Waals surface area contributed by atoms with E-state index < -0.39 is 17.5 Å². The molecule has 1 fully saturated rings. The number of nitrogens with zero attached hydrogens (tertiary/aromatic N) is 2. The summed E-state index contributed by atoms with van der Waals surface area (Å²) >= 11 is 1.36. The Bertz CT molecular complexity index is 1190. The summed E-state index contributed by atoms with van der Waals surface area (Å²) in [5.74, 6) is -0.823. The van der Waals surface area contributed by atoms with Crippen LogP contribution in [0.1, 0.15) is 23.1 Å². The third kappa shape index (κ3) is 2.71. The van der Waals surface area contributed by atoms with Gasteiger partial charge in [0.25, 0.3) is 5.91 Å². The molecule has 1 atom stereocenters. The smallest absolute Gasteiger partial charge is 0.319 e. The Kier molecular flexibility index (Phi) is 3.92. The van der Waals surface area contributed by atoms with E-state index in [-0.39, 0.29) is 12.5 Å². The minimum absolute atomic E-state index is 0.344. The molecule has 7 nitrogen and oxygen atoms in total. The van der Waals surface area contributed by atoms with Crippen LogP contribution in [-0.2, 0) is 21.5 Å². The summed E-state index contributed by atoms with van der Waals surface area (Å²) in [5.41, 5.74) is 2.68. The number of aromatic nitrogens is 1. The predicted octanol–water partition coefficient (Wildman–Crippen LogP) is 2.94. The SMILES string of the molecule is Cc1cccc2sc(NC(=O)CN3C(=O)NC4(CCc5ccccc54)C3=O)nc12. The van der Waals surface area contributed by atoms with Crippen LogP contribution < -0.4 is 10.6 Å². The van der Waals surface area contributed by atoms with E-state index in [9.17, 15) is 14.4 Å². The molecule has 2 aromatic carbocycles. The molecule has 146 valence electrons. The van der Waals surface area contributed by atoms with Gasteiger partial charge in [0.15, 0.2) is 5.13 Å². The van der Waals surface area contributed by atoms with Crippen LogP contribution in [-0.4, -0.2) is 34.3 Å². The monoisotopic (exact) mass is 406 g/mol. The molecule has 0 saturated carbocycles. The maximum atomic E-state index is 13.1. The largest absolute Gasteiger partial charge is 0.325 e. The van der Waals surface area contributed by atoms with E-state index in [1.165, 1.54) is 11.3 Å². The standard InChI is InChI=1S/C21H18N4O3S/c1-12-5-4-8-15-17(12)23-19(29-15)22-16(26)11-25-18(27)21(24-20(25)28)10-9-13-6-2-3-7-14(13)21/h2-8H,9-11H2,1H3,(H,24,28)(H,22,23,26). The summed E-state index contributed by atoms with van der Waals surface area (Å²) in [4.78, 5) is 43.7. The van der Waals surface area contributed by atoms with E-state index in [0.29, 0.717) is 18.0 Å². The lowest BCUT2D eigenvalue weighted by Crippen LogP contribution is -2.42. The number of hydrogen-bond donors (Lipinski definition) is 2. The molecule has 1 aliphatic carbocycles. The van der Waals surface area contributed by atoms with Crippen molar-refractivity contribution >= 4 is 44.5 Å². The van der Waals surface area contributed by atoms with E-state index in [1.54, 1.807) is 0 Å². The Morgan fingerprint density at radius 1 is 1.24 bits per heavy atom. The Morgan fingerprint density at radius 2 is 2.07 bits per heavy atom. The quantitative estimate of drug-likeness (QED) is 0.654. The average Bonchev–Trinajstić information content (AvgIpc) is 3.34. The summed E-state index contributed by atoms with van der Waals surface area (Å²) in [6, 6.07) is 12.9. The summed E-state index contributed by atoms with van der Waals surface area (Å²) in [5, 5.41) is 6.00. The number of nitrogens with one attached hydrogen (secondary N) is 2. The molecule has 1 aromatic heterocycles. The zero-order chi connectivity index (χ0) is 20.2. The molecule has 8 heteroatoms. The molecule has 4 amide bonds. The minimum Gasteiger partial charge on any atom is -0.319 e. The number of imide groups is 1. The van der Waals surface area contributed by atoms with Gasteiger partial charge in [-0.25, -0.2) is 9.78 Å². The van der Waals surface area contributed by atoms with Crippen molar-refractivity contribution in [2.75, 3.05) is 11.9 Å². The fraction of sp³-hybridized carbons (Fsp3) is 0.238. The van der Waals surface area contributed by atoms with Crippen molar-refractivity contribution in [1.29, 1.82) is 0 Å². The first-order valence-electron chi connectivity index (χ1n) is 9.36. The number of urea groups is 1. The van der Waals surface area contributed by atoms with Gasteiger partial charge in [-0.15, -0.1) is 0 Å². The molecule has 5 rings (SSSR count). The van der Waals surface area contributed by atoms with Gasteiger partial charge in [-0.05, 0) is 42.5 Å². The molecular formula is C21H18N4O3S. The average molecular weight is 406 g/mol. The highest BCUT2D eigenvalue weighted by Gasteiger charge is 2.55. The third-order valence-corrected chi connectivity index (χ3v) is 6.53. The highest BCUT2D eigenvalue weighted by atomic mass is 32.1. The molecule has 0 radical (unpaired) electrons. The highest BCUT2D eigenvalue weighted by molar-refractivity contribution is 7.22. The van der Waals surface area contributed by atoms with Crippen LogP contribution >= 0.6 is 11.3 Å². The highest BCUT2D eigenvalue weighted by Crippen LogP contribution is 2.41. The van der Waals surface area contributed by atoms with Gasteiger partial charge in [0.1, 0.15) is 12.1 Å². The predicted molar refractivity (Wildman–Crippen MR) is 110 cm³/mol. The molecule has 1 unspecified atom stereocenters. The number of para-hydroxylation sites is 1. The van der Waals surface area contributed by atoms with Crippen LogP contribution in [0.3, 0.4) is 0 Å². The molecular weight excluding hydrogens is 388 g/mol. The number of carbonyl (C=O) groups excluding carboxylic acids is 3. The van der Waals surface area contributed by atoms with Gasteiger partial charge in [-0.2, -0.15) is 0 Å². The lowest BCUT2D eigenvalue weighted by Gasteiger charge is -2.22. The van der Waals surface area contributed by atoms with Crippen LogP contribution in [0.25, 0.3) is 10.2 Å². The lowest BCUT2D eigenvalue weighted by atomic mass is 9.92. The second-order valence-corrected chi connectivity index (χ2v) is 8.40. The van der Waals surface area contributed by atoms with Crippen LogP contribution in [0.15, 0.2) is 42.5 Å². The molecule has 3 aromatic rings. The van der Waals surface area contributed by atoms with Gasteiger partial charge < -0.3 is 10.6 Å². The molecule has 29 heavy (non-hydrogen) atoms.